The summed E-state index contributed by atoms with van der Waals surface area (Å²) < 4.78 is 43.7. The second-order valence-corrected chi connectivity index (χ2v) is 3.50. The Morgan fingerprint density at radius 1 is 1.33 bits per heavy atom. The van der Waals surface area contributed by atoms with Gasteiger partial charge in [-0.05, 0) is 0 Å². The van der Waals surface area contributed by atoms with E-state index in [0.717, 1.165) is 0 Å². The minimum Gasteiger partial charge on any atom is -0.232 e. The van der Waals surface area contributed by atoms with E-state index >= 15 is 0 Å². The Morgan fingerprint density at radius 3 is 1.89 bits per heavy atom. The van der Waals surface area contributed by atoms with E-state index in [2.05, 4.69) is 0 Å². The van der Waals surface area contributed by atoms with Crippen molar-refractivity contribution in [1.29, 1.82) is 0 Å². The third-order valence-corrected chi connectivity index (χ3v) is 2.33. The summed E-state index contributed by atoms with van der Waals surface area (Å²) in [6, 6.07) is 0. The van der Waals surface area contributed by atoms with E-state index in [1.807, 2.05) is 0 Å². The van der Waals surface area contributed by atoms with Crippen molar-refractivity contribution in [3.63, 3.8) is 0 Å². The summed E-state index contributed by atoms with van der Waals surface area (Å²) >= 11 is 0. The monoisotopic (exact) mass is 156 g/mol. The molecule has 1 rings (SSSR count). The summed E-state index contributed by atoms with van der Waals surface area (Å²) in [5, 5.41) is -0.769. The van der Waals surface area contributed by atoms with Crippen molar-refractivity contribution < 1.29 is 17.2 Å². The molecule has 0 N–H and O–H groups in total. The lowest BCUT2D eigenvalue weighted by Gasteiger charge is -2.30. The predicted molar refractivity (Wildman–Crippen MR) is 28.3 cm³/mol. The molecule has 0 spiro atoms. The zero-order valence-electron chi connectivity index (χ0n) is 4.51. The van der Waals surface area contributed by atoms with Gasteiger partial charge >= 0.3 is 0 Å². The largest absolute Gasteiger partial charge is 0.250 e. The van der Waals surface area contributed by atoms with Crippen molar-refractivity contribution in [1.82, 2.24) is 0 Å². The number of rotatable bonds is 1. The molecule has 0 amide bonds. The van der Waals surface area contributed by atoms with Crippen LogP contribution in [0.5, 0.6) is 0 Å². The summed E-state index contributed by atoms with van der Waals surface area (Å²) in [4.78, 5) is 0. The molecule has 0 saturated heterocycles. The Bertz CT molecular complexity index is 171. The van der Waals surface area contributed by atoms with Crippen LogP contribution < -0.4 is 0 Å². The molecular formula is C4H6F2O2S. The van der Waals surface area contributed by atoms with Gasteiger partial charge < -0.3 is 0 Å². The first kappa shape index (κ1) is 6.92. The van der Waals surface area contributed by atoms with Crippen molar-refractivity contribution in [2.45, 2.75) is 24.0 Å². The van der Waals surface area contributed by atoms with Crippen LogP contribution in [0.3, 0.4) is 0 Å². The summed E-state index contributed by atoms with van der Waals surface area (Å²) in [5.41, 5.74) is 0. The SMILES string of the molecule is O=[SH](=O)C1CC(F)(F)C1. The van der Waals surface area contributed by atoms with E-state index in [9.17, 15) is 17.2 Å². The highest BCUT2D eigenvalue weighted by Gasteiger charge is 2.46. The van der Waals surface area contributed by atoms with Gasteiger partial charge in [-0.1, -0.05) is 0 Å². The molecule has 0 aromatic heterocycles. The van der Waals surface area contributed by atoms with Gasteiger partial charge in [0.25, 0.3) is 5.92 Å². The molecule has 1 aliphatic carbocycles. The van der Waals surface area contributed by atoms with Crippen LogP contribution in [0.4, 0.5) is 8.78 Å². The van der Waals surface area contributed by atoms with Gasteiger partial charge in [-0.15, -0.1) is 0 Å². The zero-order chi connectivity index (χ0) is 7.07. The highest BCUT2D eigenvalue weighted by Crippen LogP contribution is 2.38. The maximum atomic E-state index is 11.9. The van der Waals surface area contributed by atoms with Gasteiger partial charge in [-0.25, -0.2) is 17.2 Å². The average molecular weight is 156 g/mol. The number of hydrogen-bond donors (Lipinski definition) is 1. The van der Waals surface area contributed by atoms with Crippen molar-refractivity contribution in [2.75, 3.05) is 0 Å². The van der Waals surface area contributed by atoms with E-state index in [-0.39, 0.29) is 0 Å². The van der Waals surface area contributed by atoms with Gasteiger partial charge in [0.1, 0.15) is 10.7 Å². The van der Waals surface area contributed by atoms with Crippen LogP contribution in [0.1, 0.15) is 12.8 Å². The fraction of sp³-hybridized carbons (Fsp3) is 1.00. The molecule has 5 heteroatoms. The second kappa shape index (κ2) is 1.90. The molecule has 1 fully saturated rings. The van der Waals surface area contributed by atoms with Gasteiger partial charge in [-0.2, -0.15) is 0 Å². The molecule has 0 heterocycles. The normalized spacial score (nSPS) is 26.1. The molecule has 0 aliphatic heterocycles. The fourth-order valence-electron chi connectivity index (χ4n) is 0.779. The molecule has 1 aliphatic rings. The fourth-order valence-corrected chi connectivity index (χ4v) is 1.61. The quantitative estimate of drug-likeness (QED) is 0.557. The van der Waals surface area contributed by atoms with Gasteiger partial charge in [0.05, 0.1) is 5.25 Å². The molecule has 0 unspecified atom stereocenters. The van der Waals surface area contributed by atoms with E-state index in [4.69, 9.17) is 0 Å². The third-order valence-electron chi connectivity index (χ3n) is 1.37. The molecule has 54 valence electrons. The first-order valence-corrected chi connectivity index (χ1v) is 3.77. The maximum absolute atomic E-state index is 11.9. The van der Waals surface area contributed by atoms with Crippen LogP contribution in [0, 0.1) is 0 Å². The lowest BCUT2D eigenvalue weighted by atomic mass is 9.94. The van der Waals surface area contributed by atoms with Crippen molar-refractivity contribution in [3.05, 3.63) is 0 Å². The van der Waals surface area contributed by atoms with Gasteiger partial charge in [-0.3, -0.25) is 0 Å². The van der Waals surface area contributed by atoms with Crippen molar-refractivity contribution >= 4 is 10.7 Å². The first-order valence-electron chi connectivity index (χ1n) is 2.52. The first-order chi connectivity index (χ1) is 4.01. The van der Waals surface area contributed by atoms with E-state index in [1.54, 1.807) is 0 Å². The average Bonchev–Trinajstić information content (AvgIpc) is 1.59. The molecular weight excluding hydrogens is 150 g/mol. The standard InChI is InChI=1S/C4H6F2O2S/c5-4(6)1-3(2-4)9(7)8/h3,9H,1-2H2. The highest BCUT2D eigenvalue weighted by atomic mass is 32.2. The predicted octanol–water partition coefficient (Wildman–Crippen LogP) is 0.396. The number of halogens is 2. The number of hydrogen-bond acceptors (Lipinski definition) is 2. The Morgan fingerprint density at radius 2 is 1.78 bits per heavy atom. The highest BCUT2D eigenvalue weighted by molar-refractivity contribution is 7.73. The molecule has 0 aromatic carbocycles. The number of thiol groups is 1. The number of alkyl halides is 2. The van der Waals surface area contributed by atoms with Crippen molar-refractivity contribution in [3.8, 4) is 0 Å². The van der Waals surface area contributed by atoms with E-state index < -0.39 is 34.7 Å². The molecule has 0 atom stereocenters. The van der Waals surface area contributed by atoms with Gasteiger partial charge in [0, 0.05) is 12.8 Å². The Hall–Kier alpha value is -0.190. The Kier molecular flexibility index (Phi) is 1.46. The van der Waals surface area contributed by atoms with Gasteiger partial charge in [0.2, 0.25) is 0 Å². The second-order valence-electron chi connectivity index (χ2n) is 2.20. The Balaban J connectivity index is 2.44. The van der Waals surface area contributed by atoms with Crippen molar-refractivity contribution in [2.24, 2.45) is 0 Å². The van der Waals surface area contributed by atoms with Crippen LogP contribution in [-0.4, -0.2) is 19.6 Å². The van der Waals surface area contributed by atoms with Crippen LogP contribution in [0.2, 0.25) is 0 Å². The van der Waals surface area contributed by atoms with Crippen LogP contribution in [0.25, 0.3) is 0 Å². The topological polar surface area (TPSA) is 34.1 Å². The summed E-state index contributed by atoms with van der Waals surface area (Å²) in [5.74, 6) is -2.71. The minimum atomic E-state index is -2.71. The lowest BCUT2D eigenvalue weighted by molar-refractivity contribution is -0.0679. The van der Waals surface area contributed by atoms with Crippen LogP contribution in [-0.2, 0) is 10.7 Å². The van der Waals surface area contributed by atoms with E-state index in [0.29, 0.717) is 0 Å². The summed E-state index contributed by atoms with van der Waals surface area (Å²) in [6.07, 6.45) is -0.961. The summed E-state index contributed by atoms with van der Waals surface area (Å²) in [7, 11) is -2.61. The molecule has 1 saturated carbocycles. The zero-order valence-corrected chi connectivity index (χ0v) is 5.41. The third kappa shape index (κ3) is 1.38. The smallest absolute Gasteiger partial charge is 0.232 e. The summed E-state index contributed by atoms with van der Waals surface area (Å²) in [6.45, 7) is 0. The van der Waals surface area contributed by atoms with Gasteiger partial charge in [0.15, 0.2) is 0 Å². The Labute approximate surface area is 52.8 Å². The maximum Gasteiger partial charge on any atom is 0.250 e. The molecule has 0 aromatic rings. The van der Waals surface area contributed by atoms with Crippen LogP contribution >= 0.6 is 0 Å². The molecule has 9 heavy (non-hydrogen) atoms. The van der Waals surface area contributed by atoms with Crippen LogP contribution in [0.15, 0.2) is 0 Å². The lowest BCUT2D eigenvalue weighted by Crippen LogP contribution is -2.40. The molecule has 2 nitrogen and oxygen atoms in total. The molecule has 0 radical (unpaired) electrons. The minimum absolute atomic E-state index is 0.480. The molecule has 0 bridgehead atoms. The van der Waals surface area contributed by atoms with E-state index in [1.165, 1.54) is 0 Å².